The number of rotatable bonds is 8. The second kappa shape index (κ2) is 8.28. The van der Waals surface area contributed by atoms with Crippen molar-refractivity contribution in [1.29, 1.82) is 0 Å². The zero-order valence-corrected chi connectivity index (χ0v) is 17.4. The lowest BCUT2D eigenvalue weighted by atomic mass is 10.1. The molecule has 0 aromatic heterocycles. The minimum atomic E-state index is -4.77. The van der Waals surface area contributed by atoms with Crippen LogP contribution in [0.15, 0.2) is 48.5 Å². The summed E-state index contributed by atoms with van der Waals surface area (Å²) in [7, 11) is -14.2. The van der Waals surface area contributed by atoms with E-state index in [1.807, 2.05) is 0 Å². The Morgan fingerprint density at radius 2 is 0.897 bits per heavy atom. The number of hydrogen-bond acceptors (Lipinski definition) is 8. The predicted octanol–water partition coefficient (Wildman–Crippen LogP) is 0.824. The molecule has 0 saturated heterocycles. The van der Waals surface area contributed by atoms with Gasteiger partial charge < -0.3 is 11.5 Å². The van der Waals surface area contributed by atoms with E-state index in [4.69, 9.17) is 11.5 Å². The fourth-order valence-corrected chi connectivity index (χ4v) is 7.93. The normalized spacial score (nSPS) is 15.0. The van der Waals surface area contributed by atoms with Gasteiger partial charge in [0.15, 0.2) is 9.84 Å². The maximum Gasteiger partial charge on any atom is 0.266 e. The van der Waals surface area contributed by atoms with Gasteiger partial charge in [0.25, 0.3) is 20.2 Å². The van der Waals surface area contributed by atoms with Gasteiger partial charge in [-0.1, -0.05) is 24.3 Å². The van der Waals surface area contributed by atoms with Crippen LogP contribution in [0.25, 0.3) is 0 Å². The first-order valence-corrected chi connectivity index (χ1v) is 12.9. The third kappa shape index (κ3) is 6.40. The van der Waals surface area contributed by atoms with E-state index in [-0.39, 0.29) is 22.5 Å². The summed E-state index contributed by atoms with van der Waals surface area (Å²) in [6.45, 7) is 0. The molecule has 0 fully saturated rings. The molecular weight excluding hydrogens is 444 g/mol. The van der Waals surface area contributed by atoms with Crippen molar-refractivity contribution < 1.29 is 34.4 Å². The molecule has 10 nitrogen and oxygen atoms in total. The van der Waals surface area contributed by atoms with Crippen LogP contribution in [0.1, 0.15) is 21.6 Å². The first kappa shape index (κ1) is 23.1. The second-order valence-electron chi connectivity index (χ2n) is 6.40. The van der Waals surface area contributed by atoms with Gasteiger partial charge >= 0.3 is 0 Å². The molecule has 2 atom stereocenters. The lowest BCUT2D eigenvalue weighted by Crippen LogP contribution is -2.30. The van der Waals surface area contributed by atoms with Crippen molar-refractivity contribution in [2.75, 3.05) is 23.0 Å². The van der Waals surface area contributed by atoms with Crippen LogP contribution in [0.3, 0.4) is 0 Å². The molecule has 0 heterocycles. The minimum Gasteiger partial charge on any atom is -0.399 e. The smallest absolute Gasteiger partial charge is 0.266 e. The van der Waals surface area contributed by atoms with E-state index >= 15 is 0 Å². The second-order valence-corrected chi connectivity index (χ2v) is 11.7. The standard InChI is InChI=1S/C16H20N2O8S3/c17-13-5-1-11(2-6-13)15(9-27(19,20)21)29(25,26)16(10-28(22,23)24)12-3-7-14(18)8-4-12/h1-8,15-16H,9-10,17-18H2,(H,19,20,21)(H,22,23,24). The summed E-state index contributed by atoms with van der Waals surface area (Å²) >= 11 is 0. The summed E-state index contributed by atoms with van der Waals surface area (Å²) < 4.78 is 91.3. The van der Waals surface area contributed by atoms with Crippen molar-refractivity contribution in [3.63, 3.8) is 0 Å². The van der Waals surface area contributed by atoms with Crippen LogP contribution in [0.5, 0.6) is 0 Å². The van der Waals surface area contributed by atoms with Gasteiger partial charge in [0, 0.05) is 11.4 Å². The van der Waals surface area contributed by atoms with Crippen molar-refractivity contribution in [3.8, 4) is 0 Å². The Morgan fingerprint density at radius 1 is 0.621 bits per heavy atom. The average molecular weight is 465 g/mol. The number of hydrogen-bond donors (Lipinski definition) is 4. The van der Waals surface area contributed by atoms with Gasteiger partial charge in [-0.2, -0.15) is 16.8 Å². The summed E-state index contributed by atoms with van der Waals surface area (Å²) in [5, 5.41) is -3.63. The van der Waals surface area contributed by atoms with E-state index in [0.717, 1.165) is 0 Å². The van der Waals surface area contributed by atoms with Crippen molar-refractivity contribution in [2.24, 2.45) is 0 Å². The average Bonchev–Trinajstić information content (AvgIpc) is 2.58. The summed E-state index contributed by atoms with van der Waals surface area (Å²) in [6.07, 6.45) is 0. The molecule has 0 aliphatic heterocycles. The molecule has 0 radical (unpaired) electrons. The Bertz CT molecular complexity index is 1080. The van der Waals surface area contributed by atoms with Crippen LogP contribution in [0.4, 0.5) is 11.4 Å². The van der Waals surface area contributed by atoms with Crippen LogP contribution in [0, 0.1) is 0 Å². The molecule has 2 unspecified atom stereocenters. The quantitative estimate of drug-likeness (QED) is 0.321. The molecule has 160 valence electrons. The first-order chi connectivity index (χ1) is 13.2. The zero-order chi connectivity index (χ0) is 22.0. The lowest BCUT2D eigenvalue weighted by molar-refractivity contribution is 0.479. The molecule has 2 aromatic rings. The zero-order valence-electron chi connectivity index (χ0n) is 14.9. The summed E-state index contributed by atoms with van der Waals surface area (Å²) in [6, 6.07) is 10.4. The Morgan fingerprint density at radius 3 is 1.14 bits per heavy atom. The van der Waals surface area contributed by atoms with Gasteiger partial charge in [-0.05, 0) is 35.4 Å². The van der Waals surface area contributed by atoms with E-state index in [1.165, 1.54) is 48.5 Å². The van der Waals surface area contributed by atoms with Gasteiger partial charge in [0.1, 0.15) is 10.5 Å². The molecule has 2 rings (SSSR count). The Balaban J connectivity index is 2.68. The Kier molecular flexibility index (Phi) is 6.59. The fraction of sp³-hybridized carbons (Fsp3) is 0.250. The van der Waals surface area contributed by atoms with Crippen LogP contribution in [-0.4, -0.2) is 45.9 Å². The summed E-state index contributed by atoms with van der Waals surface area (Å²) in [5.74, 6) is -2.42. The first-order valence-electron chi connectivity index (χ1n) is 8.03. The molecule has 0 saturated carbocycles. The number of nitrogen functional groups attached to an aromatic ring is 2. The topological polar surface area (TPSA) is 195 Å². The highest BCUT2D eigenvalue weighted by molar-refractivity contribution is 7.95. The van der Waals surface area contributed by atoms with E-state index in [2.05, 4.69) is 0 Å². The number of nitrogens with two attached hydrogens (primary N) is 2. The summed E-state index contributed by atoms with van der Waals surface area (Å²) in [4.78, 5) is 0. The molecule has 0 bridgehead atoms. The van der Waals surface area contributed by atoms with Crippen LogP contribution in [0.2, 0.25) is 0 Å². The maximum atomic E-state index is 13.3. The lowest BCUT2D eigenvalue weighted by Gasteiger charge is -2.24. The van der Waals surface area contributed by atoms with Gasteiger partial charge in [-0.15, -0.1) is 0 Å². The molecule has 6 N–H and O–H groups in total. The fourth-order valence-electron chi connectivity index (χ4n) is 2.76. The van der Waals surface area contributed by atoms with Crippen molar-refractivity contribution in [1.82, 2.24) is 0 Å². The SMILES string of the molecule is Nc1ccc(C(CS(=O)(=O)O)S(=O)(=O)C(CS(=O)(=O)O)c2ccc(N)cc2)cc1. The molecule has 0 aliphatic carbocycles. The molecule has 2 aromatic carbocycles. The summed E-state index contributed by atoms with van der Waals surface area (Å²) in [5.41, 5.74) is 11.7. The molecule has 0 amide bonds. The van der Waals surface area contributed by atoms with Crippen LogP contribution in [-0.2, 0) is 30.1 Å². The van der Waals surface area contributed by atoms with E-state index in [0.29, 0.717) is 0 Å². The van der Waals surface area contributed by atoms with Gasteiger partial charge in [0.05, 0.1) is 11.5 Å². The molecule has 0 aliphatic rings. The van der Waals surface area contributed by atoms with Crippen molar-refractivity contribution in [2.45, 2.75) is 10.5 Å². The maximum absolute atomic E-state index is 13.3. The van der Waals surface area contributed by atoms with Crippen LogP contribution >= 0.6 is 0 Å². The molecule has 13 heteroatoms. The van der Waals surface area contributed by atoms with Gasteiger partial charge in [0.2, 0.25) is 0 Å². The number of sulfone groups is 1. The highest BCUT2D eigenvalue weighted by atomic mass is 32.2. The van der Waals surface area contributed by atoms with Gasteiger partial charge in [-0.3, -0.25) is 9.11 Å². The largest absolute Gasteiger partial charge is 0.399 e. The van der Waals surface area contributed by atoms with Crippen molar-refractivity contribution >= 4 is 41.4 Å². The molecule has 29 heavy (non-hydrogen) atoms. The third-order valence-corrected chi connectivity index (χ3v) is 8.53. The molecular formula is C16H20N2O8S3. The van der Waals surface area contributed by atoms with Crippen molar-refractivity contribution in [3.05, 3.63) is 59.7 Å². The van der Waals surface area contributed by atoms with Crippen LogP contribution < -0.4 is 11.5 Å². The third-order valence-electron chi connectivity index (χ3n) is 4.13. The van der Waals surface area contributed by atoms with Gasteiger partial charge in [-0.25, -0.2) is 8.42 Å². The molecule has 0 spiro atoms. The Labute approximate surface area is 169 Å². The van der Waals surface area contributed by atoms with E-state index in [9.17, 15) is 34.4 Å². The minimum absolute atomic E-state index is 0.0207. The predicted molar refractivity (Wildman–Crippen MR) is 109 cm³/mol. The number of benzene rings is 2. The van der Waals surface area contributed by atoms with E-state index < -0.39 is 52.1 Å². The number of anilines is 2. The Hall–Kier alpha value is -2.19. The van der Waals surface area contributed by atoms with E-state index in [1.54, 1.807) is 0 Å². The monoisotopic (exact) mass is 464 g/mol. The highest BCUT2D eigenvalue weighted by Gasteiger charge is 2.40. The highest BCUT2D eigenvalue weighted by Crippen LogP contribution is 2.36.